The van der Waals surface area contributed by atoms with E-state index in [9.17, 15) is 10.1 Å². The van der Waals surface area contributed by atoms with Crippen molar-refractivity contribution in [3.05, 3.63) is 33.9 Å². The van der Waals surface area contributed by atoms with Gasteiger partial charge in [0.15, 0.2) is 0 Å². The van der Waals surface area contributed by atoms with E-state index >= 15 is 0 Å². The van der Waals surface area contributed by atoms with Crippen LogP contribution in [0.5, 0.6) is 0 Å². The molecule has 0 heterocycles. The fourth-order valence-corrected chi connectivity index (χ4v) is 2.59. The first kappa shape index (κ1) is 12.9. The molecule has 1 aromatic carbocycles. The van der Waals surface area contributed by atoms with Crippen LogP contribution in [0.4, 0.5) is 11.4 Å². The number of non-ortho nitro benzene ring substituents is 1. The highest BCUT2D eigenvalue weighted by Crippen LogP contribution is 2.43. The second-order valence-corrected chi connectivity index (χ2v) is 5.38. The molecule has 0 aromatic heterocycles. The number of hydrogen-bond donors (Lipinski definition) is 1. The molecule has 0 radical (unpaired) electrons. The summed E-state index contributed by atoms with van der Waals surface area (Å²) in [5.74, 6) is 0. The van der Waals surface area contributed by atoms with Crippen LogP contribution in [0.25, 0.3) is 0 Å². The molecule has 18 heavy (non-hydrogen) atoms. The molecule has 0 spiro atoms. The smallest absolute Gasteiger partial charge is 0.271 e. The Morgan fingerprint density at radius 1 is 1.39 bits per heavy atom. The van der Waals surface area contributed by atoms with E-state index in [1.54, 1.807) is 12.1 Å². The monoisotopic (exact) mass is 248 g/mol. The summed E-state index contributed by atoms with van der Waals surface area (Å²) < 4.78 is 0. The predicted molar refractivity (Wildman–Crippen MR) is 72.9 cm³/mol. The van der Waals surface area contributed by atoms with Gasteiger partial charge < -0.3 is 5.32 Å². The lowest BCUT2D eigenvalue weighted by molar-refractivity contribution is -0.384. The van der Waals surface area contributed by atoms with Gasteiger partial charge >= 0.3 is 0 Å². The highest BCUT2D eigenvalue weighted by Gasteiger charge is 2.34. The molecule has 0 unspecified atom stereocenters. The first-order valence-corrected chi connectivity index (χ1v) is 6.55. The first-order chi connectivity index (χ1) is 8.54. The van der Waals surface area contributed by atoms with Crippen molar-refractivity contribution < 1.29 is 4.92 Å². The van der Waals surface area contributed by atoms with Crippen LogP contribution in [0.3, 0.4) is 0 Å². The van der Waals surface area contributed by atoms with E-state index in [1.165, 1.54) is 25.7 Å². The molecule has 4 heteroatoms. The molecule has 98 valence electrons. The molecule has 0 atom stereocenters. The van der Waals surface area contributed by atoms with E-state index in [4.69, 9.17) is 0 Å². The fourth-order valence-electron chi connectivity index (χ4n) is 2.59. The number of benzene rings is 1. The Balaban J connectivity index is 2.07. The molecule has 1 saturated carbocycles. The molecule has 1 fully saturated rings. The van der Waals surface area contributed by atoms with Gasteiger partial charge in [0.25, 0.3) is 5.69 Å². The van der Waals surface area contributed by atoms with E-state index < -0.39 is 0 Å². The maximum Gasteiger partial charge on any atom is 0.271 e. The number of nitro groups is 1. The third kappa shape index (κ3) is 2.63. The topological polar surface area (TPSA) is 55.2 Å². The Kier molecular flexibility index (Phi) is 3.55. The standard InChI is InChI=1S/C14H20N2O2/c1-3-14(5-4-6-14)10-15-12-7-11(2)8-13(9-12)16(17)18/h7-9,15H,3-6,10H2,1-2H3. The summed E-state index contributed by atoms with van der Waals surface area (Å²) in [6.45, 7) is 5.03. The van der Waals surface area contributed by atoms with Crippen LogP contribution in [0, 0.1) is 22.5 Å². The molecule has 0 saturated heterocycles. The van der Waals surface area contributed by atoms with E-state index in [1.807, 2.05) is 13.0 Å². The largest absolute Gasteiger partial charge is 0.384 e. The van der Waals surface area contributed by atoms with Crippen LogP contribution in [0.15, 0.2) is 18.2 Å². The van der Waals surface area contributed by atoms with Crippen molar-refractivity contribution >= 4 is 11.4 Å². The Bertz CT molecular complexity index is 448. The summed E-state index contributed by atoms with van der Waals surface area (Å²) >= 11 is 0. The number of nitrogens with one attached hydrogen (secondary N) is 1. The van der Waals surface area contributed by atoms with Crippen molar-refractivity contribution in [2.75, 3.05) is 11.9 Å². The van der Waals surface area contributed by atoms with Gasteiger partial charge in [-0.2, -0.15) is 0 Å². The minimum absolute atomic E-state index is 0.164. The van der Waals surface area contributed by atoms with E-state index in [-0.39, 0.29) is 10.6 Å². The molecule has 1 aliphatic carbocycles. The predicted octanol–water partition coefficient (Wildman–Crippen LogP) is 3.90. The quantitative estimate of drug-likeness (QED) is 0.635. The van der Waals surface area contributed by atoms with Crippen LogP contribution in [0.1, 0.15) is 38.2 Å². The van der Waals surface area contributed by atoms with Crippen molar-refractivity contribution in [1.29, 1.82) is 0 Å². The van der Waals surface area contributed by atoms with Crippen molar-refractivity contribution in [2.24, 2.45) is 5.41 Å². The van der Waals surface area contributed by atoms with Gasteiger partial charge in [0.05, 0.1) is 4.92 Å². The molecule has 0 bridgehead atoms. The van der Waals surface area contributed by atoms with Crippen LogP contribution < -0.4 is 5.32 Å². The summed E-state index contributed by atoms with van der Waals surface area (Å²) in [5.41, 5.74) is 2.36. The SMILES string of the molecule is CCC1(CNc2cc(C)cc([N+](=O)[O-])c2)CCC1. The fraction of sp³-hybridized carbons (Fsp3) is 0.571. The summed E-state index contributed by atoms with van der Waals surface area (Å²) in [7, 11) is 0. The highest BCUT2D eigenvalue weighted by molar-refractivity contribution is 5.53. The lowest BCUT2D eigenvalue weighted by atomic mass is 9.67. The molecule has 0 aliphatic heterocycles. The van der Waals surface area contributed by atoms with Crippen LogP contribution in [-0.2, 0) is 0 Å². The number of nitrogens with zero attached hydrogens (tertiary/aromatic N) is 1. The molecular weight excluding hydrogens is 228 g/mol. The van der Waals surface area contributed by atoms with Gasteiger partial charge in [-0.15, -0.1) is 0 Å². The molecule has 1 aliphatic rings. The Labute approximate surface area is 108 Å². The third-order valence-corrected chi connectivity index (χ3v) is 4.10. The maximum absolute atomic E-state index is 10.8. The van der Waals surface area contributed by atoms with Crippen LogP contribution in [0.2, 0.25) is 0 Å². The Morgan fingerprint density at radius 2 is 2.11 bits per heavy atom. The van der Waals surface area contributed by atoms with Gasteiger partial charge in [-0.3, -0.25) is 10.1 Å². The summed E-state index contributed by atoms with van der Waals surface area (Å²) in [5, 5.41) is 14.2. The van der Waals surface area contributed by atoms with Crippen molar-refractivity contribution in [1.82, 2.24) is 0 Å². The summed E-state index contributed by atoms with van der Waals surface area (Å²) in [6.07, 6.45) is 5.02. The van der Waals surface area contributed by atoms with Crippen molar-refractivity contribution in [3.63, 3.8) is 0 Å². The number of aryl methyl sites for hydroxylation is 1. The van der Waals surface area contributed by atoms with E-state index in [2.05, 4.69) is 12.2 Å². The Hall–Kier alpha value is -1.58. The highest BCUT2D eigenvalue weighted by atomic mass is 16.6. The Morgan fingerprint density at radius 3 is 2.61 bits per heavy atom. The van der Waals surface area contributed by atoms with Crippen molar-refractivity contribution in [2.45, 2.75) is 39.5 Å². The lowest BCUT2D eigenvalue weighted by Crippen LogP contribution is -2.35. The second kappa shape index (κ2) is 4.96. The maximum atomic E-state index is 10.8. The zero-order chi connectivity index (χ0) is 13.2. The molecule has 1 aromatic rings. The number of nitro benzene ring substituents is 1. The normalized spacial score (nSPS) is 17.0. The van der Waals surface area contributed by atoms with Crippen LogP contribution >= 0.6 is 0 Å². The molecule has 0 amide bonds. The summed E-state index contributed by atoms with van der Waals surface area (Å²) in [4.78, 5) is 10.5. The minimum Gasteiger partial charge on any atom is -0.384 e. The minimum atomic E-state index is -0.336. The van der Waals surface area contributed by atoms with Gasteiger partial charge in [0.1, 0.15) is 0 Å². The van der Waals surface area contributed by atoms with Gasteiger partial charge in [-0.1, -0.05) is 13.3 Å². The zero-order valence-electron chi connectivity index (χ0n) is 11.0. The van der Waals surface area contributed by atoms with Gasteiger partial charge in [0.2, 0.25) is 0 Å². The molecule has 1 N–H and O–H groups in total. The van der Waals surface area contributed by atoms with Crippen LogP contribution in [-0.4, -0.2) is 11.5 Å². The van der Waals surface area contributed by atoms with Gasteiger partial charge in [-0.05, 0) is 43.2 Å². The van der Waals surface area contributed by atoms with Crippen molar-refractivity contribution in [3.8, 4) is 0 Å². The van der Waals surface area contributed by atoms with Gasteiger partial charge in [-0.25, -0.2) is 0 Å². The second-order valence-electron chi connectivity index (χ2n) is 5.38. The molecule has 2 rings (SSSR count). The number of hydrogen-bond acceptors (Lipinski definition) is 3. The molecular formula is C14H20N2O2. The third-order valence-electron chi connectivity index (χ3n) is 4.10. The number of rotatable bonds is 5. The summed E-state index contributed by atoms with van der Waals surface area (Å²) in [6, 6.07) is 5.19. The lowest BCUT2D eigenvalue weighted by Gasteiger charge is -2.41. The van der Waals surface area contributed by atoms with E-state index in [0.717, 1.165) is 17.8 Å². The number of anilines is 1. The zero-order valence-corrected chi connectivity index (χ0v) is 11.0. The average molecular weight is 248 g/mol. The van der Waals surface area contributed by atoms with E-state index in [0.29, 0.717) is 5.41 Å². The first-order valence-electron chi connectivity index (χ1n) is 6.55. The van der Waals surface area contributed by atoms with Gasteiger partial charge in [0, 0.05) is 24.4 Å². The average Bonchev–Trinajstić information content (AvgIpc) is 2.27. The molecule has 4 nitrogen and oxygen atoms in total.